The highest BCUT2D eigenvalue weighted by Crippen LogP contribution is 2.37. The summed E-state index contributed by atoms with van der Waals surface area (Å²) in [6, 6.07) is 14.0. The van der Waals surface area contributed by atoms with Gasteiger partial charge in [-0.25, -0.2) is 0 Å². The van der Waals surface area contributed by atoms with Gasteiger partial charge >= 0.3 is 0 Å². The molecule has 0 N–H and O–H groups in total. The van der Waals surface area contributed by atoms with Crippen molar-refractivity contribution < 1.29 is 0 Å². The van der Waals surface area contributed by atoms with Gasteiger partial charge in [-0.15, -0.1) is 0 Å². The Morgan fingerprint density at radius 1 is 0.542 bits per heavy atom. The van der Waals surface area contributed by atoms with Crippen molar-refractivity contribution in [3.8, 4) is 11.1 Å². The normalized spacial score (nSPS) is 12.0. The van der Waals surface area contributed by atoms with E-state index in [0.717, 1.165) is 0 Å². The van der Waals surface area contributed by atoms with Crippen LogP contribution in [0.1, 0.15) is 101 Å². The molecule has 0 atom stereocenters. The van der Waals surface area contributed by atoms with Crippen LogP contribution < -0.4 is 0 Å². The van der Waals surface area contributed by atoms with Crippen molar-refractivity contribution in [2.45, 2.75) is 79.1 Å². The smallest absolute Gasteiger partial charge is 0.0146 e. The summed E-state index contributed by atoms with van der Waals surface area (Å²) in [5.41, 5.74) is 8.68. The molecule has 0 unspecified atom stereocenters. The molecule has 0 heteroatoms. The van der Waals surface area contributed by atoms with E-state index in [9.17, 15) is 0 Å². The number of rotatable bonds is 5. The number of hydrogen-bond donors (Lipinski definition) is 0. The first kappa shape index (κ1) is 18.8. The molecule has 0 aliphatic carbocycles. The molecule has 0 heterocycles. The van der Waals surface area contributed by atoms with Crippen LogP contribution in [0.15, 0.2) is 36.4 Å². The lowest BCUT2D eigenvalue weighted by Crippen LogP contribution is -2.04. The summed E-state index contributed by atoms with van der Waals surface area (Å²) >= 11 is 0. The Bertz CT molecular complexity index is 687. The van der Waals surface area contributed by atoms with Crippen LogP contribution in [0.3, 0.4) is 0 Å². The van der Waals surface area contributed by atoms with Crippen LogP contribution in [-0.4, -0.2) is 0 Å². The zero-order valence-electron chi connectivity index (χ0n) is 16.8. The van der Waals surface area contributed by atoms with Gasteiger partial charge in [0, 0.05) is 0 Å². The van der Waals surface area contributed by atoms with Crippen molar-refractivity contribution >= 4 is 0 Å². The Morgan fingerprint density at radius 3 is 1.58 bits per heavy atom. The Kier molecular flexibility index (Phi) is 5.91. The van der Waals surface area contributed by atoms with E-state index in [1.54, 1.807) is 0 Å². The Labute approximate surface area is 149 Å². The molecule has 0 amide bonds. The van der Waals surface area contributed by atoms with E-state index >= 15 is 0 Å². The standard InChI is InChI=1S/C24H34/c1-15(2)19-10-9-11-20(12-19)24-14-22(17(5)6)21(16(3)4)13-23(24)18(7)8/h9-18H,1-8H3. The van der Waals surface area contributed by atoms with Gasteiger partial charge in [-0.1, -0.05) is 91.8 Å². The molecule has 24 heavy (non-hydrogen) atoms. The second kappa shape index (κ2) is 7.55. The van der Waals surface area contributed by atoms with Gasteiger partial charge in [0.25, 0.3) is 0 Å². The van der Waals surface area contributed by atoms with Crippen LogP contribution in [0, 0.1) is 0 Å². The molecule has 2 aromatic carbocycles. The Hall–Kier alpha value is -1.56. The summed E-state index contributed by atoms with van der Waals surface area (Å²) in [5, 5.41) is 0. The largest absolute Gasteiger partial charge is 0.0614 e. The minimum absolute atomic E-state index is 0.529. The van der Waals surface area contributed by atoms with Crippen LogP contribution in [0.25, 0.3) is 11.1 Å². The summed E-state index contributed by atoms with van der Waals surface area (Å²) in [5.74, 6) is 2.21. The highest BCUT2D eigenvalue weighted by Gasteiger charge is 2.17. The van der Waals surface area contributed by atoms with E-state index in [0.29, 0.717) is 23.7 Å². The maximum absolute atomic E-state index is 2.47. The second-order valence-electron chi connectivity index (χ2n) is 8.31. The van der Waals surface area contributed by atoms with Crippen molar-refractivity contribution in [3.63, 3.8) is 0 Å². The monoisotopic (exact) mass is 322 g/mol. The van der Waals surface area contributed by atoms with Crippen LogP contribution in [0.5, 0.6) is 0 Å². The summed E-state index contributed by atoms with van der Waals surface area (Å²) in [6.45, 7) is 18.4. The topological polar surface area (TPSA) is 0 Å². The van der Waals surface area contributed by atoms with Gasteiger partial charge < -0.3 is 0 Å². The van der Waals surface area contributed by atoms with Gasteiger partial charge in [-0.2, -0.15) is 0 Å². The third kappa shape index (κ3) is 3.91. The first-order chi connectivity index (χ1) is 11.2. The first-order valence-corrected chi connectivity index (χ1v) is 9.50. The lowest BCUT2D eigenvalue weighted by Gasteiger charge is -2.23. The lowest BCUT2D eigenvalue weighted by molar-refractivity contribution is 0.779. The van der Waals surface area contributed by atoms with E-state index in [-0.39, 0.29) is 0 Å². The first-order valence-electron chi connectivity index (χ1n) is 9.50. The maximum Gasteiger partial charge on any atom is -0.0146 e. The highest BCUT2D eigenvalue weighted by molar-refractivity contribution is 5.71. The molecular formula is C24H34. The van der Waals surface area contributed by atoms with E-state index in [4.69, 9.17) is 0 Å². The van der Waals surface area contributed by atoms with E-state index in [1.807, 2.05) is 0 Å². The molecule has 0 bridgehead atoms. The van der Waals surface area contributed by atoms with Gasteiger partial charge in [0.2, 0.25) is 0 Å². The minimum Gasteiger partial charge on any atom is -0.0614 e. The Morgan fingerprint density at radius 2 is 1.08 bits per heavy atom. The van der Waals surface area contributed by atoms with Crippen LogP contribution in [0.2, 0.25) is 0 Å². The molecule has 0 aromatic heterocycles. The average Bonchev–Trinajstić information content (AvgIpc) is 2.53. The van der Waals surface area contributed by atoms with Crippen molar-refractivity contribution in [1.82, 2.24) is 0 Å². The van der Waals surface area contributed by atoms with Crippen molar-refractivity contribution in [2.75, 3.05) is 0 Å². The molecule has 0 nitrogen and oxygen atoms in total. The Balaban J connectivity index is 2.72. The fourth-order valence-corrected chi connectivity index (χ4v) is 3.44. The number of hydrogen-bond acceptors (Lipinski definition) is 0. The predicted octanol–water partition coefficient (Wildman–Crippen LogP) is 7.85. The SMILES string of the molecule is CC(C)c1cccc(-c2cc(C(C)C)c(C(C)C)cc2C(C)C)c1. The second-order valence-corrected chi connectivity index (χ2v) is 8.31. The third-order valence-corrected chi connectivity index (χ3v) is 4.99. The third-order valence-electron chi connectivity index (χ3n) is 4.99. The quantitative estimate of drug-likeness (QED) is 0.525. The summed E-state index contributed by atoms with van der Waals surface area (Å²) in [6.07, 6.45) is 0. The molecular weight excluding hydrogens is 288 g/mol. The van der Waals surface area contributed by atoms with Gasteiger partial charge in [0.15, 0.2) is 0 Å². The molecule has 0 spiro atoms. The molecule has 0 saturated heterocycles. The molecule has 0 saturated carbocycles. The van der Waals surface area contributed by atoms with Crippen LogP contribution in [-0.2, 0) is 0 Å². The molecule has 0 aliphatic heterocycles. The highest BCUT2D eigenvalue weighted by atomic mass is 14.2. The van der Waals surface area contributed by atoms with Gasteiger partial charge in [-0.3, -0.25) is 0 Å². The molecule has 0 radical (unpaired) electrons. The lowest BCUT2D eigenvalue weighted by atomic mass is 9.82. The van der Waals surface area contributed by atoms with Gasteiger partial charge in [0.1, 0.15) is 0 Å². The van der Waals surface area contributed by atoms with E-state index < -0.39 is 0 Å². The molecule has 130 valence electrons. The van der Waals surface area contributed by atoms with Crippen molar-refractivity contribution in [1.29, 1.82) is 0 Å². The summed E-state index contributed by atoms with van der Waals surface area (Å²) < 4.78 is 0. The van der Waals surface area contributed by atoms with Crippen LogP contribution in [0.4, 0.5) is 0 Å². The fraction of sp³-hybridized carbons (Fsp3) is 0.500. The molecule has 2 aromatic rings. The number of benzene rings is 2. The van der Waals surface area contributed by atoms with Gasteiger partial charge in [-0.05, 0) is 57.1 Å². The van der Waals surface area contributed by atoms with Crippen LogP contribution >= 0.6 is 0 Å². The zero-order valence-corrected chi connectivity index (χ0v) is 16.8. The molecule has 0 fully saturated rings. The molecule has 2 rings (SSSR count). The summed E-state index contributed by atoms with van der Waals surface area (Å²) in [4.78, 5) is 0. The predicted molar refractivity (Wildman–Crippen MR) is 108 cm³/mol. The fourth-order valence-electron chi connectivity index (χ4n) is 3.44. The minimum atomic E-state index is 0.529. The van der Waals surface area contributed by atoms with E-state index in [2.05, 4.69) is 91.8 Å². The van der Waals surface area contributed by atoms with Crippen molar-refractivity contribution in [2.24, 2.45) is 0 Å². The van der Waals surface area contributed by atoms with Gasteiger partial charge in [0.05, 0.1) is 0 Å². The zero-order chi connectivity index (χ0) is 18.0. The molecule has 0 aliphatic rings. The van der Waals surface area contributed by atoms with E-state index in [1.165, 1.54) is 33.4 Å². The maximum atomic E-state index is 2.47. The summed E-state index contributed by atoms with van der Waals surface area (Å²) in [7, 11) is 0. The average molecular weight is 323 g/mol. The van der Waals surface area contributed by atoms with Crippen molar-refractivity contribution in [3.05, 3.63) is 58.7 Å².